The number of likely N-dealkylation sites (N-methyl/N-ethyl adjacent to an activating group) is 1. The highest BCUT2D eigenvalue weighted by Gasteiger charge is 2.31. The zero-order valence-electron chi connectivity index (χ0n) is 13.0. The van der Waals surface area contributed by atoms with Crippen molar-refractivity contribution in [1.82, 2.24) is 15.1 Å². The zero-order valence-corrected chi connectivity index (χ0v) is 13.0. The van der Waals surface area contributed by atoms with Crippen molar-refractivity contribution in [1.29, 1.82) is 0 Å². The Hall–Kier alpha value is -0.840. The van der Waals surface area contributed by atoms with E-state index in [1.54, 1.807) is 0 Å². The summed E-state index contributed by atoms with van der Waals surface area (Å²) >= 11 is 0. The number of nitrogens with one attached hydrogen (secondary N) is 1. The molecular formula is C16H27N3O. The second-order valence-corrected chi connectivity index (χ2v) is 6.97. The quantitative estimate of drug-likeness (QED) is 0.893. The maximum atomic E-state index is 5.72. The van der Waals surface area contributed by atoms with Crippen LogP contribution in [0.5, 0.6) is 0 Å². The highest BCUT2D eigenvalue weighted by Crippen LogP contribution is 2.23. The molecule has 1 aromatic heterocycles. The standard InChI is InChI=1S/C16H27N3O/c1-16(2)12-19(8-7-18(16)3)11-15-13(6-9-20-15)10-17-14-4-5-14/h6,9,14,17H,4-5,7-8,10-12H2,1-3H3. The van der Waals surface area contributed by atoms with Crippen LogP contribution in [0.15, 0.2) is 16.7 Å². The Morgan fingerprint density at radius 2 is 2.15 bits per heavy atom. The van der Waals surface area contributed by atoms with Crippen LogP contribution in [0.3, 0.4) is 0 Å². The maximum absolute atomic E-state index is 5.72. The van der Waals surface area contributed by atoms with Gasteiger partial charge < -0.3 is 9.73 Å². The lowest BCUT2D eigenvalue weighted by Crippen LogP contribution is -2.57. The average molecular weight is 277 g/mol. The van der Waals surface area contributed by atoms with E-state index < -0.39 is 0 Å². The van der Waals surface area contributed by atoms with Gasteiger partial charge in [0, 0.05) is 43.3 Å². The Kier molecular flexibility index (Phi) is 3.89. The fourth-order valence-corrected chi connectivity index (χ4v) is 2.88. The largest absolute Gasteiger partial charge is 0.468 e. The second-order valence-electron chi connectivity index (χ2n) is 6.97. The summed E-state index contributed by atoms with van der Waals surface area (Å²) in [6, 6.07) is 2.87. The minimum atomic E-state index is 0.247. The van der Waals surface area contributed by atoms with Gasteiger partial charge in [0.2, 0.25) is 0 Å². The van der Waals surface area contributed by atoms with Crippen molar-refractivity contribution in [2.45, 2.75) is 51.4 Å². The Balaban J connectivity index is 1.58. The molecule has 0 radical (unpaired) electrons. The van der Waals surface area contributed by atoms with Gasteiger partial charge in [-0.05, 0) is 39.8 Å². The smallest absolute Gasteiger partial charge is 0.122 e. The molecule has 2 aliphatic rings. The molecule has 1 aliphatic heterocycles. The van der Waals surface area contributed by atoms with Crippen LogP contribution in [0.1, 0.15) is 38.0 Å². The predicted octanol–water partition coefficient (Wildman–Crippen LogP) is 2.06. The molecule has 0 aromatic carbocycles. The molecule has 1 aliphatic carbocycles. The van der Waals surface area contributed by atoms with Crippen LogP contribution in [0.25, 0.3) is 0 Å². The molecular weight excluding hydrogens is 250 g/mol. The summed E-state index contributed by atoms with van der Waals surface area (Å²) < 4.78 is 5.72. The van der Waals surface area contributed by atoms with E-state index in [1.165, 1.54) is 18.4 Å². The van der Waals surface area contributed by atoms with Crippen molar-refractivity contribution in [3.05, 3.63) is 23.7 Å². The number of hydrogen-bond acceptors (Lipinski definition) is 4. The number of rotatable bonds is 5. The van der Waals surface area contributed by atoms with E-state index in [4.69, 9.17) is 4.42 Å². The molecule has 112 valence electrons. The normalized spacial score (nSPS) is 24.1. The molecule has 4 nitrogen and oxygen atoms in total. The molecule has 20 heavy (non-hydrogen) atoms. The molecule has 3 rings (SSSR count). The summed E-state index contributed by atoms with van der Waals surface area (Å²) in [5.41, 5.74) is 1.57. The molecule has 1 aromatic rings. The van der Waals surface area contributed by atoms with Crippen molar-refractivity contribution in [2.24, 2.45) is 0 Å². The molecule has 4 heteroatoms. The molecule has 0 spiro atoms. The summed E-state index contributed by atoms with van der Waals surface area (Å²) in [4.78, 5) is 4.96. The minimum absolute atomic E-state index is 0.247. The van der Waals surface area contributed by atoms with Gasteiger partial charge in [0.15, 0.2) is 0 Å². The van der Waals surface area contributed by atoms with Gasteiger partial charge in [0.05, 0.1) is 12.8 Å². The molecule has 0 amide bonds. The third-order valence-electron chi connectivity index (χ3n) is 4.76. The van der Waals surface area contributed by atoms with Crippen LogP contribution in [0.4, 0.5) is 0 Å². The first-order valence-corrected chi connectivity index (χ1v) is 7.77. The van der Waals surface area contributed by atoms with Crippen LogP contribution in [0.2, 0.25) is 0 Å². The van der Waals surface area contributed by atoms with Crippen LogP contribution in [-0.2, 0) is 13.1 Å². The Bertz CT molecular complexity index is 450. The number of furan rings is 1. The molecule has 0 unspecified atom stereocenters. The summed E-state index contributed by atoms with van der Waals surface area (Å²) in [6.45, 7) is 9.87. The van der Waals surface area contributed by atoms with Gasteiger partial charge in [-0.2, -0.15) is 0 Å². The first-order valence-electron chi connectivity index (χ1n) is 7.77. The van der Waals surface area contributed by atoms with Gasteiger partial charge in [-0.1, -0.05) is 0 Å². The number of nitrogens with zero attached hydrogens (tertiary/aromatic N) is 2. The van der Waals surface area contributed by atoms with Crippen LogP contribution in [-0.4, -0.2) is 48.1 Å². The van der Waals surface area contributed by atoms with Gasteiger partial charge in [0.1, 0.15) is 5.76 Å². The van der Waals surface area contributed by atoms with Crippen LogP contribution in [0, 0.1) is 0 Å². The van der Waals surface area contributed by atoms with Gasteiger partial charge in [-0.25, -0.2) is 0 Å². The third-order valence-corrected chi connectivity index (χ3v) is 4.76. The molecule has 0 bridgehead atoms. The molecule has 1 N–H and O–H groups in total. The van der Waals surface area contributed by atoms with E-state index in [0.717, 1.165) is 44.5 Å². The highest BCUT2D eigenvalue weighted by atomic mass is 16.3. The lowest BCUT2D eigenvalue weighted by Gasteiger charge is -2.45. The first-order chi connectivity index (χ1) is 9.54. The predicted molar refractivity (Wildman–Crippen MR) is 80.6 cm³/mol. The van der Waals surface area contributed by atoms with Gasteiger partial charge in [0.25, 0.3) is 0 Å². The molecule has 0 atom stereocenters. The SMILES string of the molecule is CN1CCN(Cc2occc2CNC2CC2)CC1(C)C. The Morgan fingerprint density at radius 1 is 1.35 bits per heavy atom. The maximum Gasteiger partial charge on any atom is 0.122 e. The topological polar surface area (TPSA) is 31.6 Å². The Labute approximate surface area is 122 Å². The van der Waals surface area contributed by atoms with Crippen LogP contribution < -0.4 is 5.32 Å². The molecule has 2 heterocycles. The van der Waals surface area contributed by atoms with Crippen molar-refractivity contribution in [3.8, 4) is 0 Å². The van der Waals surface area contributed by atoms with Crippen molar-refractivity contribution < 1.29 is 4.42 Å². The summed E-state index contributed by atoms with van der Waals surface area (Å²) in [6.07, 6.45) is 4.50. The molecule has 1 saturated heterocycles. The van der Waals surface area contributed by atoms with Crippen molar-refractivity contribution >= 4 is 0 Å². The minimum Gasteiger partial charge on any atom is -0.468 e. The fourth-order valence-electron chi connectivity index (χ4n) is 2.88. The van der Waals surface area contributed by atoms with E-state index in [2.05, 4.69) is 42.1 Å². The number of piperazine rings is 1. The van der Waals surface area contributed by atoms with E-state index in [-0.39, 0.29) is 5.54 Å². The van der Waals surface area contributed by atoms with Gasteiger partial charge >= 0.3 is 0 Å². The second kappa shape index (κ2) is 5.51. The molecule has 2 fully saturated rings. The van der Waals surface area contributed by atoms with E-state index >= 15 is 0 Å². The van der Waals surface area contributed by atoms with Crippen LogP contribution >= 0.6 is 0 Å². The Morgan fingerprint density at radius 3 is 2.85 bits per heavy atom. The summed E-state index contributed by atoms with van der Waals surface area (Å²) in [5.74, 6) is 1.14. The van der Waals surface area contributed by atoms with Gasteiger partial charge in [-0.3, -0.25) is 9.80 Å². The lowest BCUT2D eigenvalue weighted by atomic mass is 9.99. The average Bonchev–Trinajstić information content (AvgIpc) is 3.12. The third kappa shape index (κ3) is 3.25. The monoisotopic (exact) mass is 277 g/mol. The highest BCUT2D eigenvalue weighted by molar-refractivity contribution is 5.17. The van der Waals surface area contributed by atoms with E-state index in [1.807, 2.05) is 6.26 Å². The molecule has 1 saturated carbocycles. The summed E-state index contributed by atoms with van der Waals surface area (Å²) in [7, 11) is 2.22. The van der Waals surface area contributed by atoms with E-state index in [0.29, 0.717) is 0 Å². The van der Waals surface area contributed by atoms with Crippen molar-refractivity contribution in [2.75, 3.05) is 26.7 Å². The number of hydrogen-bond donors (Lipinski definition) is 1. The lowest BCUT2D eigenvalue weighted by molar-refractivity contribution is 0.0326. The first kappa shape index (κ1) is 14.1. The van der Waals surface area contributed by atoms with Gasteiger partial charge in [-0.15, -0.1) is 0 Å². The summed E-state index contributed by atoms with van der Waals surface area (Å²) in [5, 5.41) is 3.57. The van der Waals surface area contributed by atoms with E-state index in [9.17, 15) is 0 Å². The van der Waals surface area contributed by atoms with Crippen molar-refractivity contribution in [3.63, 3.8) is 0 Å². The fraction of sp³-hybridized carbons (Fsp3) is 0.750. The zero-order chi connectivity index (χ0) is 14.2.